The third kappa shape index (κ3) is 3.26. The zero-order valence-corrected chi connectivity index (χ0v) is 12.0. The molecule has 0 aliphatic rings. The van der Waals surface area contributed by atoms with Crippen LogP contribution < -0.4 is 14.8 Å². The molecular formula is C12H11N3O5S. The Morgan fingerprint density at radius 1 is 1.33 bits per heavy atom. The van der Waals surface area contributed by atoms with Crippen molar-refractivity contribution in [1.82, 2.24) is 4.98 Å². The zero-order chi connectivity index (χ0) is 15.4. The molecule has 1 heterocycles. The summed E-state index contributed by atoms with van der Waals surface area (Å²) in [6, 6.07) is 4.66. The van der Waals surface area contributed by atoms with Gasteiger partial charge < -0.3 is 9.47 Å². The van der Waals surface area contributed by atoms with Gasteiger partial charge in [-0.1, -0.05) is 0 Å². The number of methoxy groups -OCH3 is 2. The van der Waals surface area contributed by atoms with Crippen LogP contribution in [-0.2, 0) is 0 Å². The largest absolute Gasteiger partial charge is 0.493 e. The van der Waals surface area contributed by atoms with E-state index in [1.807, 2.05) is 0 Å². The van der Waals surface area contributed by atoms with Gasteiger partial charge in [0.15, 0.2) is 16.6 Å². The molecule has 2 rings (SSSR count). The van der Waals surface area contributed by atoms with Gasteiger partial charge in [-0.15, -0.1) is 0 Å². The van der Waals surface area contributed by atoms with E-state index >= 15 is 0 Å². The van der Waals surface area contributed by atoms with Gasteiger partial charge in [-0.2, -0.15) is 0 Å². The van der Waals surface area contributed by atoms with Gasteiger partial charge in [0.1, 0.15) is 6.20 Å². The van der Waals surface area contributed by atoms with E-state index in [1.165, 1.54) is 20.3 Å². The SMILES string of the molecule is COc1ccc(C(=O)Nc2ncc([N+](=O)[O-])s2)cc1OC. The van der Waals surface area contributed by atoms with Crippen molar-refractivity contribution in [2.75, 3.05) is 19.5 Å². The third-order valence-electron chi connectivity index (χ3n) is 2.54. The molecule has 0 saturated carbocycles. The van der Waals surface area contributed by atoms with Crippen molar-refractivity contribution in [2.24, 2.45) is 0 Å². The predicted molar refractivity (Wildman–Crippen MR) is 76.3 cm³/mol. The predicted octanol–water partition coefficient (Wildman–Crippen LogP) is 2.32. The number of anilines is 1. The topological polar surface area (TPSA) is 104 Å². The van der Waals surface area contributed by atoms with Gasteiger partial charge in [-0.05, 0) is 29.5 Å². The first-order valence-electron chi connectivity index (χ1n) is 5.68. The molecule has 0 aliphatic heterocycles. The molecular weight excluding hydrogens is 298 g/mol. The summed E-state index contributed by atoms with van der Waals surface area (Å²) in [6.45, 7) is 0. The second kappa shape index (κ2) is 6.18. The van der Waals surface area contributed by atoms with Crippen molar-refractivity contribution in [3.8, 4) is 11.5 Å². The fourth-order valence-electron chi connectivity index (χ4n) is 1.55. The highest BCUT2D eigenvalue weighted by Gasteiger charge is 2.15. The lowest BCUT2D eigenvalue weighted by Crippen LogP contribution is -2.11. The Balaban J connectivity index is 2.17. The van der Waals surface area contributed by atoms with Crippen LogP contribution >= 0.6 is 11.3 Å². The maximum atomic E-state index is 12.1. The van der Waals surface area contributed by atoms with Gasteiger partial charge in [-0.25, -0.2) is 4.98 Å². The number of carbonyl (C=O) groups is 1. The van der Waals surface area contributed by atoms with Crippen LogP contribution in [0.4, 0.5) is 10.1 Å². The number of nitrogens with zero attached hydrogens (tertiary/aromatic N) is 2. The number of rotatable bonds is 5. The fraction of sp³-hybridized carbons (Fsp3) is 0.167. The van der Waals surface area contributed by atoms with Crippen molar-refractivity contribution >= 4 is 27.4 Å². The molecule has 0 bridgehead atoms. The van der Waals surface area contributed by atoms with Crippen LogP contribution in [-0.4, -0.2) is 30.0 Å². The van der Waals surface area contributed by atoms with E-state index in [2.05, 4.69) is 10.3 Å². The molecule has 0 unspecified atom stereocenters. The van der Waals surface area contributed by atoms with Gasteiger partial charge in [0, 0.05) is 5.56 Å². The number of thiazole rings is 1. The molecule has 0 radical (unpaired) electrons. The Morgan fingerprint density at radius 3 is 2.62 bits per heavy atom. The van der Waals surface area contributed by atoms with Crippen molar-refractivity contribution < 1.29 is 19.2 Å². The third-order valence-corrected chi connectivity index (χ3v) is 3.40. The van der Waals surface area contributed by atoms with Gasteiger partial charge >= 0.3 is 5.00 Å². The molecule has 0 atom stereocenters. The number of hydrogen-bond acceptors (Lipinski definition) is 7. The van der Waals surface area contributed by atoms with E-state index in [-0.39, 0.29) is 10.1 Å². The lowest BCUT2D eigenvalue weighted by atomic mass is 10.2. The molecule has 1 aromatic carbocycles. The molecule has 0 fully saturated rings. The minimum absolute atomic E-state index is 0.141. The Kier molecular flexibility index (Phi) is 4.33. The average Bonchev–Trinajstić information content (AvgIpc) is 2.95. The summed E-state index contributed by atoms with van der Waals surface area (Å²) < 4.78 is 10.2. The van der Waals surface area contributed by atoms with Crippen LogP contribution in [0.1, 0.15) is 10.4 Å². The quantitative estimate of drug-likeness (QED) is 0.671. The van der Waals surface area contributed by atoms with E-state index in [9.17, 15) is 14.9 Å². The summed E-state index contributed by atoms with van der Waals surface area (Å²) in [4.78, 5) is 25.8. The fourth-order valence-corrected chi connectivity index (χ4v) is 2.18. The molecule has 0 spiro atoms. The molecule has 0 aliphatic carbocycles. The van der Waals surface area contributed by atoms with Gasteiger partial charge in [-0.3, -0.25) is 20.2 Å². The standard InChI is InChI=1S/C12H11N3O5S/c1-19-8-4-3-7(5-9(8)20-2)11(16)14-12-13-6-10(21-12)15(17)18/h3-6H,1-2H3,(H,13,14,16). The van der Waals surface area contributed by atoms with E-state index in [1.54, 1.807) is 12.1 Å². The number of benzene rings is 1. The summed E-state index contributed by atoms with van der Waals surface area (Å²) in [5, 5.41) is 13.1. The summed E-state index contributed by atoms with van der Waals surface area (Å²) in [5.74, 6) is 0.467. The highest BCUT2D eigenvalue weighted by molar-refractivity contribution is 7.18. The van der Waals surface area contributed by atoms with Gasteiger partial charge in [0.05, 0.1) is 19.1 Å². The minimum atomic E-state index is -0.566. The second-order valence-corrected chi connectivity index (χ2v) is 4.79. The first-order valence-corrected chi connectivity index (χ1v) is 6.50. The molecule has 1 aromatic heterocycles. The van der Waals surface area contributed by atoms with E-state index in [4.69, 9.17) is 9.47 Å². The Morgan fingerprint density at radius 2 is 2.05 bits per heavy atom. The summed E-state index contributed by atoms with van der Waals surface area (Å²) >= 11 is 0.784. The zero-order valence-electron chi connectivity index (χ0n) is 11.2. The first kappa shape index (κ1) is 14.7. The van der Waals surface area contributed by atoms with Crippen molar-refractivity contribution in [3.05, 3.63) is 40.1 Å². The van der Waals surface area contributed by atoms with Crippen molar-refractivity contribution in [1.29, 1.82) is 0 Å². The van der Waals surface area contributed by atoms with Crippen LogP contribution in [0.2, 0.25) is 0 Å². The molecule has 0 saturated heterocycles. The molecule has 1 N–H and O–H groups in total. The monoisotopic (exact) mass is 309 g/mol. The molecule has 2 aromatic rings. The highest BCUT2D eigenvalue weighted by Crippen LogP contribution is 2.29. The average molecular weight is 309 g/mol. The summed E-state index contributed by atoms with van der Waals surface area (Å²) in [6.07, 6.45) is 1.09. The smallest absolute Gasteiger partial charge is 0.345 e. The number of nitro groups is 1. The number of hydrogen-bond donors (Lipinski definition) is 1. The molecule has 21 heavy (non-hydrogen) atoms. The van der Waals surface area contributed by atoms with Crippen molar-refractivity contribution in [2.45, 2.75) is 0 Å². The lowest BCUT2D eigenvalue weighted by Gasteiger charge is -2.09. The number of carbonyl (C=O) groups excluding carboxylic acids is 1. The first-order chi connectivity index (χ1) is 10.0. The van der Waals surface area contributed by atoms with E-state index in [0.717, 1.165) is 17.5 Å². The minimum Gasteiger partial charge on any atom is -0.493 e. The van der Waals surface area contributed by atoms with Gasteiger partial charge in [0.25, 0.3) is 5.91 Å². The second-order valence-electron chi connectivity index (χ2n) is 3.78. The summed E-state index contributed by atoms with van der Waals surface area (Å²) in [7, 11) is 2.95. The van der Waals surface area contributed by atoms with Crippen LogP contribution in [0.3, 0.4) is 0 Å². The Labute approximate surface area is 123 Å². The van der Waals surface area contributed by atoms with Gasteiger partial charge in [0.2, 0.25) is 0 Å². The molecule has 110 valence electrons. The van der Waals surface area contributed by atoms with Crippen LogP contribution in [0, 0.1) is 10.1 Å². The van der Waals surface area contributed by atoms with Crippen molar-refractivity contribution in [3.63, 3.8) is 0 Å². The van der Waals surface area contributed by atoms with Crippen LogP contribution in [0.25, 0.3) is 0 Å². The van der Waals surface area contributed by atoms with E-state index < -0.39 is 10.8 Å². The summed E-state index contributed by atoms with van der Waals surface area (Å²) in [5.41, 5.74) is 0.325. The lowest BCUT2D eigenvalue weighted by molar-refractivity contribution is -0.380. The number of nitrogens with one attached hydrogen (secondary N) is 1. The molecule has 1 amide bonds. The van der Waals surface area contributed by atoms with Crippen LogP contribution in [0.5, 0.6) is 11.5 Å². The Hall–Kier alpha value is -2.68. The van der Waals surface area contributed by atoms with E-state index in [0.29, 0.717) is 17.1 Å². The maximum absolute atomic E-state index is 12.1. The normalized spacial score (nSPS) is 10.0. The maximum Gasteiger partial charge on any atom is 0.345 e. The number of amides is 1. The van der Waals surface area contributed by atoms with Crippen LogP contribution in [0.15, 0.2) is 24.4 Å². The number of ether oxygens (including phenoxy) is 2. The molecule has 8 nitrogen and oxygen atoms in total. The number of aromatic nitrogens is 1. The Bertz CT molecular complexity index is 685. The highest BCUT2D eigenvalue weighted by atomic mass is 32.1. The molecule has 9 heteroatoms.